The second kappa shape index (κ2) is 5.14. The highest BCUT2D eigenvalue weighted by atomic mass is 32.2. The second-order valence-electron chi connectivity index (χ2n) is 4.34. The Morgan fingerprint density at radius 2 is 2.29 bits per heavy atom. The normalized spacial score (nSPS) is 26.0. The fourth-order valence-electron chi connectivity index (χ4n) is 1.97. The Labute approximate surface area is 103 Å². The van der Waals surface area contributed by atoms with Crippen molar-refractivity contribution in [3.8, 4) is 0 Å². The first-order valence-electron chi connectivity index (χ1n) is 5.65. The number of nitrogens with two attached hydrogens (primary N) is 1. The van der Waals surface area contributed by atoms with E-state index in [9.17, 15) is 8.60 Å². The van der Waals surface area contributed by atoms with Crippen molar-refractivity contribution in [3.63, 3.8) is 0 Å². The number of ether oxygens (including phenoxy) is 1. The number of nitrogen functional groups attached to an aromatic ring is 1. The molecule has 3 atom stereocenters. The van der Waals surface area contributed by atoms with Gasteiger partial charge in [0.25, 0.3) is 0 Å². The molecule has 17 heavy (non-hydrogen) atoms. The van der Waals surface area contributed by atoms with Crippen molar-refractivity contribution in [2.24, 2.45) is 0 Å². The zero-order valence-corrected chi connectivity index (χ0v) is 10.5. The molecule has 5 heteroatoms. The Morgan fingerprint density at radius 1 is 1.53 bits per heavy atom. The van der Waals surface area contributed by atoms with E-state index in [-0.39, 0.29) is 12.2 Å². The van der Waals surface area contributed by atoms with E-state index in [1.54, 1.807) is 0 Å². The maximum absolute atomic E-state index is 13.1. The Kier molecular flexibility index (Phi) is 3.79. The third-order valence-electron chi connectivity index (χ3n) is 2.88. The third-order valence-corrected chi connectivity index (χ3v) is 4.40. The van der Waals surface area contributed by atoms with Crippen molar-refractivity contribution in [2.45, 2.75) is 36.9 Å². The molecule has 1 aromatic rings. The lowest BCUT2D eigenvalue weighted by Gasteiger charge is -2.11. The molecule has 0 aromatic heterocycles. The van der Waals surface area contributed by atoms with Gasteiger partial charge in [-0.3, -0.25) is 4.21 Å². The second-order valence-corrected chi connectivity index (χ2v) is 5.80. The molecule has 0 bridgehead atoms. The summed E-state index contributed by atoms with van der Waals surface area (Å²) in [5, 5.41) is 0. The smallest absolute Gasteiger partial charge is 0.124 e. The van der Waals surface area contributed by atoms with Crippen LogP contribution >= 0.6 is 0 Å². The number of halogens is 1. The van der Waals surface area contributed by atoms with Gasteiger partial charge >= 0.3 is 0 Å². The van der Waals surface area contributed by atoms with E-state index in [1.807, 2.05) is 6.92 Å². The molecule has 1 heterocycles. The molecule has 1 saturated heterocycles. The highest BCUT2D eigenvalue weighted by molar-refractivity contribution is 7.85. The van der Waals surface area contributed by atoms with Gasteiger partial charge in [0, 0.05) is 5.69 Å². The quantitative estimate of drug-likeness (QED) is 0.843. The van der Waals surface area contributed by atoms with E-state index in [1.165, 1.54) is 18.2 Å². The van der Waals surface area contributed by atoms with E-state index < -0.39 is 16.6 Å². The molecule has 3 unspecified atom stereocenters. The molecule has 0 amide bonds. The molecule has 1 aliphatic heterocycles. The van der Waals surface area contributed by atoms with Gasteiger partial charge in [-0.15, -0.1) is 0 Å². The van der Waals surface area contributed by atoms with Crippen molar-refractivity contribution in [3.05, 3.63) is 24.0 Å². The van der Waals surface area contributed by atoms with Crippen LogP contribution in [0.3, 0.4) is 0 Å². The SMILES string of the molecule is CC1CCC(CS(=O)c2cc(F)ccc2N)O1. The van der Waals surface area contributed by atoms with E-state index in [0.717, 1.165) is 12.8 Å². The van der Waals surface area contributed by atoms with E-state index in [0.29, 0.717) is 16.3 Å². The zero-order valence-electron chi connectivity index (χ0n) is 9.69. The monoisotopic (exact) mass is 257 g/mol. The summed E-state index contributed by atoms with van der Waals surface area (Å²) in [6.07, 6.45) is 2.11. The van der Waals surface area contributed by atoms with Gasteiger partial charge in [0.05, 0.1) is 33.7 Å². The summed E-state index contributed by atoms with van der Waals surface area (Å²) in [7, 11) is -1.30. The first kappa shape index (κ1) is 12.5. The minimum atomic E-state index is -1.30. The Morgan fingerprint density at radius 3 is 2.94 bits per heavy atom. The molecule has 2 rings (SSSR count). The minimum absolute atomic E-state index is 0.00602. The summed E-state index contributed by atoms with van der Waals surface area (Å²) in [6, 6.07) is 3.95. The topological polar surface area (TPSA) is 52.3 Å². The number of anilines is 1. The Hall–Kier alpha value is -0.940. The van der Waals surface area contributed by atoms with Crippen LogP contribution in [0.5, 0.6) is 0 Å². The van der Waals surface area contributed by atoms with Crippen molar-refractivity contribution in [1.82, 2.24) is 0 Å². The molecular weight excluding hydrogens is 241 g/mol. The molecule has 2 N–H and O–H groups in total. The van der Waals surface area contributed by atoms with Crippen LogP contribution in [0.15, 0.2) is 23.1 Å². The van der Waals surface area contributed by atoms with Gasteiger partial charge < -0.3 is 10.5 Å². The summed E-state index contributed by atoms with van der Waals surface area (Å²) in [4.78, 5) is 0.369. The van der Waals surface area contributed by atoms with Gasteiger partial charge in [-0.25, -0.2) is 4.39 Å². The maximum Gasteiger partial charge on any atom is 0.124 e. The van der Waals surface area contributed by atoms with Gasteiger partial charge in [-0.2, -0.15) is 0 Å². The van der Waals surface area contributed by atoms with Crippen LogP contribution in [0.4, 0.5) is 10.1 Å². The number of hydrogen-bond donors (Lipinski definition) is 1. The maximum atomic E-state index is 13.1. The van der Waals surface area contributed by atoms with E-state index in [2.05, 4.69) is 0 Å². The van der Waals surface area contributed by atoms with E-state index >= 15 is 0 Å². The highest BCUT2D eigenvalue weighted by Crippen LogP contribution is 2.24. The van der Waals surface area contributed by atoms with Crippen LogP contribution in [0.1, 0.15) is 19.8 Å². The number of hydrogen-bond acceptors (Lipinski definition) is 3. The predicted octanol–water partition coefficient (Wildman–Crippen LogP) is 2.08. The molecule has 0 aliphatic carbocycles. The van der Waals surface area contributed by atoms with Crippen LogP contribution in [0, 0.1) is 5.82 Å². The molecule has 3 nitrogen and oxygen atoms in total. The molecule has 1 aliphatic rings. The van der Waals surface area contributed by atoms with Gasteiger partial charge in [-0.05, 0) is 38.0 Å². The van der Waals surface area contributed by atoms with Gasteiger partial charge in [0.1, 0.15) is 5.82 Å². The van der Waals surface area contributed by atoms with Crippen LogP contribution in [0.2, 0.25) is 0 Å². The molecule has 0 saturated carbocycles. The van der Waals surface area contributed by atoms with Crippen LogP contribution < -0.4 is 5.73 Å². The number of benzene rings is 1. The fourth-order valence-corrected chi connectivity index (χ4v) is 3.31. The third kappa shape index (κ3) is 3.04. The average molecular weight is 257 g/mol. The first-order chi connectivity index (χ1) is 8.06. The first-order valence-corrected chi connectivity index (χ1v) is 6.97. The van der Waals surface area contributed by atoms with Crippen molar-refractivity contribution >= 4 is 16.5 Å². The Bertz CT molecular complexity index is 439. The molecule has 0 spiro atoms. The predicted molar refractivity (Wildman–Crippen MR) is 65.7 cm³/mol. The molecule has 1 aromatic carbocycles. The lowest BCUT2D eigenvalue weighted by atomic mass is 10.2. The van der Waals surface area contributed by atoms with Gasteiger partial charge in [-0.1, -0.05) is 0 Å². The van der Waals surface area contributed by atoms with Gasteiger partial charge in [0.2, 0.25) is 0 Å². The molecule has 1 fully saturated rings. The number of rotatable bonds is 3. The van der Waals surface area contributed by atoms with Gasteiger partial charge in [0.15, 0.2) is 0 Å². The van der Waals surface area contributed by atoms with Crippen LogP contribution in [-0.2, 0) is 15.5 Å². The zero-order chi connectivity index (χ0) is 12.4. The summed E-state index contributed by atoms with van der Waals surface area (Å²) >= 11 is 0. The van der Waals surface area contributed by atoms with Crippen LogP contribution in [-0.4, -0.2) is 22.2 Å². The molecular formula is C12H16FNO2S. The average Bonchev–Trinajstić information content (AvgIpc) is 2.67. The van der Waals surface area contributed by atoms with Crippen molar-refractivity contribution < 1.29 is 13.3 Å². The lowest BCUT2D eigenvalue weighted by Crippen LogP contribution is -2.18. The van der Waals surface area contributed by atoms with E-state index in [4.69, 9.17) is 10.5 Å². The summed E-state index contributed by atoms with van der Waals surface area (Å²) < 4.78 is 30.7. The minimum Gasteiger partial charge on any atom is -0.398 e. The van der Waals surface area contributed by atoms with Crippen LogP contribution in [0.25, 0.3) is 0 Å². The summed E-state index contributed by atoms with van der Waals surface area (Å²) in [5.74, 6) is -0.0268. The summed E-state index contributed by atoms with van der Waals surface area (Å²) in [6.45, 7) is 2.00. The molecule has 0 radical (unpaired) electrons. The largest absolute Gasteiger partial charge is 0.398 e. The molecule has 94 valence electrons. The Balaban J connectivity index is 2.06. The highest BCUT2D eigenvalue weighted by Gasteiger charge is 2.24. The summed E-state index contributed by atoms with van der Waals surface area (Å²) in [5.41, 5.74) is 6.06. The lowest BCUT2D eigenvalue weighted by molar-refractivity contribution is 0.0695. The fraction of sp³-hybridized carbons (Fsp3) is 0.500. The van der Waals surface area contributed by atoms with Crippen molar-refractivity contribution in [1.29, 1.82) is 0 Å². The standard InChI is InChI=1S/C12H16FNO2S/c1-8-2-4-10(16-8)7-17(15)12-6-9(13)3-5-11(12)14/h3,5-6,8,10H,2,4,7,14H2,1H3. The van der Waals surface area contributed by atoms with Crippen molar-refractivity contribution in [2.75, 3.05) is 11.5 Å².